The van der Waals surface area contributed by atoms with Gasteiger partial charge in [-0.05, 0) is 5.56 Å². The lowest BCUT2D eigenvalue weighted by atomic mass is 10.0. The molecular formula is C18H8F5NO6S. The van der Waals surface area contributed by atoms with Crippen LogP contribution < -0.4 is 19.9 Å². The van der Waals surface area contributed by atoms with Crippen LogP contribution in [0.3, 0.4) is 0 Å². The van der Waals surface area contributed by atoms with Crippen LogP contribution in [0.4, 0.5) is 28.1 Å². The maximum Gasteiger partial charge on any atom is 0.337 e. The highest BCUT2D eigenvalue weighted by molar-refractivity contribution is 7.08. The van der Waals surface area contributed by atoms with Crippen molar-refractivity contribution in [3.8, 4) is 28.4 Å². The molecule has 7 nitrogen and oxygen atoms in total. The van der Waals surface area contributed by atoms with E-state index in [1.807, 2.05) is 0 Å². The number of benzene rings is 2. The standard InChI is InChI=1S/C18H8F5NO6S/c19-12-11(8-4-2-1-3-5-8)14(28-21)16(30-23)13(15(12)29-22)24(20)17(25)9-6-31-7-10(9)18(26)27/h1-7H,(H,26,27). The summed E-state index contributed by atoms with van der Waals surface area (Å²) in [5, 5.41) is 9.91. The number of carbonyl (C=O) groups excluding carboxylic acids is 1. The predicted molar refractivity (Wildman–Crippen MR) is 96.2 cm³/mol. The van der Waals surface area contributed by atoms with E-state index >= 15 is 0 Å². The van der Waals surface area contributed by atoms with Gasteiger partial charge in [-0.15, -0.1) is 5.12 Å². The van der Waals surface area contributed by atoms with Gasteiger partial charge < -0.3 is 5.11 Å². The second-order valence-corrected chi connectivity index (χ2v) is 6.46. The summed E-state index contributed by atoms with van der Waals surface area (Å²) < 4.78 is 69.7. The van der Waals surface area contributed by atoms with Crippen LogP contribution in [-0.2, 0) is 0 Å². The number of thiophene rings is 1. The molecule has 0 aliphatic carbocycles. The van der Waals surface area contributed by atoms with Gasteiger partial charge in [0.15, 0.2) is 11.5 Å². The number of halogens is 5. The molecule has 0 bridgehead atoms. The summed E-state index contributed by atoms with van der Waals surface area (Å²) in [6.07, 6.45) is 0. The fourth-order valence-corrected chi connectivity index (χ4v) is 3.53. The Labute approximate surface area is 173 Å². The number of carbonyl (C=O) groups is 2. The molecule has 0 radical (unpaired) electrons. The van der Waals surface area contributed by atoms with E-state index < -0.39 is 62.4 Å². The minimum atomic E-state index is -1.79. The number of hydrogen-bond donors (Lipinski definition) is 1. The smallest absolute Gasteiger partial charge is 0.337 e. The molecule has 162 valence electrons. The molecule has 0 saturated carbocycles. The van der Waals surface area contributed by atoms with Crippen molar-refractivity contribution in [1.29, 1.82) is 0 Å². The number of hydrogen-bond acceptors (Lipinski definition) is 6. The Morgan fingerprint density at radius 3 is 2.03 bits per heavy atom. The Morgan fingerprint density at radius 2 is 1.48 bits per heavy atom. The molecule has 3 aromatic rings. The Hall–Kier alpha value is -3.87. The summed E-state index contributed by atoms with van der Waals surface area (Å²) in [5.74, 6) is -9.81. The molecule has 1 aromatic heterocycles. The van der Waals surface area contributed by atoms with Crippen LogP contribution in [0.25, 0.3) is 11.1 Å². The summed E-state index contributed by atoms with van der Waals surface area (Å²) in [4.78, 5) is 33.7. The van der Waals surface area contributed by atoms with Crippen LogP contribution in [0.5, 0.6) is 17.2 Å². The van der Waals surface area contributed by atoms with Crippen LogP contribution in [0.15, 0.2) is 41.1 Å². The van der Waals surface area contributed by atoms with Crippen molar-refractivity contribution < 1.29 is 52.0 Å². The van der Waals surface area contributed by atoms with E-state index in [1.54, 1.807) is 0 Å². The number of rotatable bonds is 7. The molecule has 0 aliphatic rings. The zero-order valence-electron chi connectivity index (χ0n) is 14.8. The van der Waals surface area contributed by atoms with E-state index in [0.717, 1.165) is 10.8 Å². The first-order valence-electron chi connectivity index (χ1n) is 7.97. The highest BCUT2D eigenvalue weighted by atomic mass is 32.1. The number of aromatic carboxylic acids is 1. The molecule has 0 atom stereocenters. The average molecular weight is 461 g/mol. The van der Waals surface area contributed by atoms with Gasteiger partial charge in [0.1, 0.15) is 0 Å². The number of carboxylic acids is 1. The zero-order valence-corrected chi connectivity index (χ0v) is 15.6. The van der Waals surface area contributed by atoms with Crippen molar-refractivity contribution in [3.05, 3.63) is 58.0 Å². The minimum Gasteiger partial charge on any atom is -0.478 e. The van der Waals surface area contributed by atoms with E-state index in [4.69, 9.17) is 5.11 Å². The van der Waals surface area contributed by atoms with Crippen molar-refractivity contribution in [3.63, 3.8) is 0 Å². The normalized spacial score (nSPS) is 10.5. The molecule has 3 rings (SSSR count). The fraction of sp³-hybridized carbons (Fsp3) is 0. The first kappa shape index (κ1) is 21.8. The average Bonchev–Trinajstić information content (AvgIpc) is 3.28. The molecule has 1 amide bonds. The van der Waals surface area contributed by atoms with Gasteiger partial charge in [0.05, 0.1) is 16.7 Å². The summed E-state index contributed by atoms with van der Waals surface area (Å²) in [5.41, 5.74) is -4.15. The van der Waals surface area contributed by atoms with Crippen molar-refractivity contribution in [2.75, 3.05) is 5.12 Å². The molecule has 0 spiro atoms. The van der Waals surface area contributed by atoms with E-state index in [1.165, 1.54) is 30.3 Å². The van der Waals surface area contributed by atoms with Gasteiger partial charge in [-0.1, -0.05) is 34.8 Å². The van der Waals surface area contributed by atoms with Gasteiger partial charge in [-0.3, -0.25) is 19.6 Å². The van der Waals surface area contributed by atoms with E-state index in [0.29, 0.717) is 11.3 Å². The summed E-state index contributed by atoms with van der Waals surface area (Å²) in [6, 6.07) is 6.63. The van der Waals surface area contributed by atoms with E-state index in [-0.39, 0.29) is 5.56 Å². The van der Waals surface area contributed by atoms with Gasteiger partial charge in [0.2, 0.25) is 17.2 Å². The van der Waals surface area contributed by atoms with E-state index in [2.05, 4.69) is 14.8 Å². The summed E-state index contributed by atoms with van der Waals surface area (Å²) in [6.45, 7) is 0. The highest BCUT2D eigenvalue weighted by Crippen LogP contribution is 2.53. The second kappa shape index (κ2) is 8.87. The molecule has 2 aromatic carbocycles. The molecule has 13 heteroatoms. The predicted octanol–water partition coefficient (Wildman–Crippen LogP) is 5.57. The lowest BCUT2D eigenvalue weighted by molar-refractivity contribution is -0.0412. The maximum atomic E-state index is 15.0. The molecule has 1 heterocycles. The number of anilines is 1. The Morgan fingerprint density at radius 1 is 0.903 bits per heavy atom. The lowest BCUT2D eigenvalue weighted by Gasteiger charge is -2.19. The fourth-order valence-electron chi connectivity index (χ4n) is 2.73. The van der Waals surface area contributed by atoms with E-state index in [9.17, 15) is 32.0 Å². The monoisotopic (exact) mass is 461 g/mol. The third-order valence-electron chi connectivity index (χ3n) is 4.07. The van der Waals surface area contributed by atoms with Crippen molar-refractivity contribution >= 4 is 28.9 Å². The minimum absolute atomic E-state index is 0.168. The van der Waals surface area contributed by atoms with Crippen LogP contribution in [0, 0.1) is 5.82 Å². The molecule has 1 N–H and O–H groups in total. The zero-order chi connectivity index (χ0) is 22.7. The van der Waals surface area contributed by atoms with Crippen LogP contribution in [-0.4, -0.2) is 17.0 Å². The summed E-state index contributed by atoms with van der Waals surface area (Å²) >= 11 is 0.701. The number of amides is 1. The van der Waals surface area contributed by atoms with Gasteiger partial charge in [-0.2, -0.15) is 11.3 Å². The second-order valence-electron chi connectivity index (χ2n) is 5.71. The quantitative estimate of drug-likeness (QED) is 0.366. The first-order valence-corrected chi connectivity index (χ1v) is 8.91. The van der Waals surface area contributed by atoms with Gasteiger partial charge in [-0.25, -0.2) is 9.18 Å². The van der Waals surface area contributed by atoms with Gasteiger partial charge in [0.25, 0.3) is 5.91 Å². The van der Waals surface area contributed by atoms with Crippen molar-refractivity contribution in [2.24, 2.45) is 0 Å². The lowest BCUT2D eigenvalue weighted by Crippen LogP contribution is -2.24. The molecule has 0 saturated heterocycles. The van der Waals surface area contributed by atoms with Gasteiger partial charge >= 0.3 is 5.97 Å². The first-order chi connectivity index (χ1) is 14.9. The van der Waals surface area contributed by atoms with Crippen LogP contribution in [0.1, 0.15) is 20.7 Å². The summed E-state index contributed by atoms with van der Waals surface area (Å²) in [7, 11) is 0. The third kappa shape index (κ3) is 3.70. The Bertz CT molecular complexity index is 1140. The van der Waals surface area contributed by atoms with Crippen molar-refractivity contribution in [1.82, 2.24) is 0 Å². The van der Waals surface area contributed by atoms with Crippen molar-refractivity contribution in [2.45, 2.75) is 0 Å². The van der Waals surface area contributed by atoms with Crippen LogP contribution in [0.2, 0.25) is 0 Å². The molecular weight excluding hydrogens is 453 g/mol. The van der Waals surface area contributed by atoms with Crippen LogP contribution >= 0.6 is 11.3 Å². The number of nitrogens with zero attached hydrogens (tertiary/aromatic N) is 1. The SMILES string of the molecule is O=C(O)c1cscc1C(=O)N(F)c1c(OF)c(F)c(-c2ccccc2)c(OF)c1OF. The Balaban J connectivity index is 2.27. The van der Waals surface area contributed by atoms with Gasteiger partial charge in [0, 0.05) is 24.3 Å². The maximum absolute atomic E-state index is 15.0. The largest absolute Gasteiger partial charge is 0.478 e. The molecule has 31 heavy (non-hydrogen) atoms. The molecule has 0 unspecified atom stereocenters. The highest BCUT2D eigenvalue weighted by Gasteiger charge is 2.38. The topological polar surface area (TPSA) is 85.3 Å². The number of carboxylic acid groups (broad SMARTS) is 1. The molecule has 0 aliphatic heterocycles. The third-order valence-corrected chi connectivity index (χ3v) is 4.82. The molecule has 0 fully saturated rings. The Kier molecular flexibility index (Phi) is 6.25.